The van der Waals surface area contributed by atoms with E-state index in [1.54, 1.807) is 12.1 Å². The van der Waals surface area contributed by atoms with Crippen LogP contribution in [0.1, 0.15) is 84.0 Å². The van der Waals surface area contributed by atoms with E-state index in [9.17, 15) is 8.42 Å². The zero-order chi connectivity index (χ0) is 20.1. The zero-order valence-corrected chi connectivity index (χ0v) is 17.9. The van der Waals surface area contributed by atoms with E-state index in [2.05, 4.69) is 22.4 Å². The predicted molar refractivity (Wildman–Crippen MR) is 112 cm³/mol. The van der Waals surface area contributed by atoms with Crippen molar-refractivity contribution in [2.75, 3.05) is 5.75 Å². The summed E-state index contributed by atoms with van der Waals surface area (Å²) >= 11 is 0. The molecule has 28 heavy (non-hydrogen) atoms. The van der Waals surface area contributed by atoms with Crippen LogP contribution < -0.4 is 0 Å². The van der Waals surface area contributed by atoms with Crippen LogP contribution in [-0.2, 0) is 9.84 Å². The molecule has 1 heterocycles. The van der Waals surface area contributed by atoms with Crippen LogP contribution in [0.25, 0.3) is 5.69 Å². The van der Waals surface area contributed by atoms with Gasteiger partial charge in [0, 0.05) is 0 Å². The van der Waals surface area contributed by atoms with E-state index in [4.69, 9.17) is 0 Å². The fourth-order valence-electron chi connectivity index (χ4n) is 3.33. The lowest BCUT2D eigenvalue weighted by atomic mass is 10.1. The summed E-state index contributed by atoms with van der Waals surface area (Å²) in [6.45, 7) is 2.25. The van der Waals surface area contributed by atoms with Crippen molar-refractivity contribution in [3.63, 3.8) is 0 Å². The average molecular weight is 407 g/mol. The van der Waals surface area contributed by atoms with Gasteiger partial charge in [0.2, 0.25) is 9.84 Å². The van der Waals surface area contributed by atoms with Gasteiger partial charge >= 0.3 is 0 Å². The lowest BCUT2D eigenvalue weighted by molar-refractivity contribution is 0.544. The lowest BCUT2D eigenvalue weighted by Crippen LogP contribution is -2.14. The normalized spacial score (nSPS) is 11.8. The maximum atomic E-state index is 12.6. The van der Waals surface area contributed by atoms with Gasteiger partial charge in [-0.3, -0.25) is 0 Å². The number of aromatic nitrogens is 4. The molecule has 1 aromatic carbocycles. The Hall–Kier alpha value is -1.76. The van der Waals surface area contributed by atoms with E-state index >= 15 is 0 Å². The number of hydrogen-bond acceptors (Lipinski definition) is 5. The summed E-state index contributed by atoms with van der Waals surface area (Å²) in [5.41, 5.74) is 0.653. The molecule has 0 spiro atoms. The van der Waals surface area contributed by atoms with Crippen molar-refractivity contribution in [2.24, 2.45) is 0 Å². The highest BCUT2D eigenvalue weighted by molar-refractivity contribution is 7.91. The number of rotatable bonds is 15. The number of para-hydroxylation sites is 1. The van der Waals surface area contributed by atoms with Gasteiger partial charge in [0.1, 0.15) is 0 Å². The summed E-state index contributed by atoms with van der Waals surface area (Å²) in [4.78, 5) is 0. The van der Waals surface area contributed by atoms with Crippen molar-refractivity contribution in [1.29, 1.82) is 0 Å². The van der Waals surface area contributed by atoms with Crippen molar-refractivity contribution >= 4 is 9.84 Å². The molecule has 0 aliphatic heterocycles. The van der Waals surface area contributed by atoms with Gasteiger partial charge in [-0.2, -0.15) is 4.68 Å². The van der Waals surface area contributed by atoms with E-state index < -0.39 is 9.84 Å². The van der Waals surface area contributed by atoms with Crippen LogP contribution in [0, 0.1) is 0 Å². The van der Waals surface area contributed by atoms with Gasteiger partial charge in [0.05, 0.1) is 11.4 Å². The summed E-state index contributed by atoms with van der Waals surface area (Å²) in [6.07, 6.45) is 14.5. The second kappa shape index (κ2) is 12.6. The number of benzene rings is 1. The maximum absolute atomic E-state index is 12.6. The molecule has 0 N–H and O–H groups in total. The van der Waals surface area contributed by atoms with Crippen LogP contribution in [0.5, 0.6) is 0 Å². The number of unbranched alkanes of at least 4 members (excludes halogenated alkanes) is 11. The Kier molecular flexibility index (Phi) is 10.2. The van der Waals surface area contributed by atoms with Gasteiger partial charge in [-0.15, -0.1) is 0 Å². The van der Waals surface area contributed by atoms with Crippen LogP contribution in [0.3, 0.4) is 0 Å². The highest BCUT2D eigenvalue weighted by Crippen LogP contribution is 2.16. The van der Waals surface area contributed by atoms with E-state index in [-0.39, 0.29) is 10.9 Å². The quantitative estimate of drug-likeness (QED) is 0.383. The number of hydrogen-bond donors (Lipinski definition) is 0. The van der Waals surface area contributed by atoms with Crippen LogP contribution in [-0.4, -0.2) is 34.4 Å². The second-order valence-electron chi connectivity index (χ2n) is 7.42. The molecule has 0 aliphatic carbocycles. The minimum Gasteiger partial charge on any atom is -0.220 e. The Bertz CT molecular complexity index is 760. The molecule has 0 saturated carbocycles. The molecule has 2 aromatic rings. The molecule has 0 radical (unpaired) electrons. The fraction of sp³-hybridized carbons (Fsp3) is 0.667. The summed E-state index contributed by atoms with van der Waals surface area (Å²) < 4.78 is 26.5. The van der Waals surface area contributed by atoms with Crippen LogP contribution in [0.2, 0.25) is 0 Å². The standard InChI is InChI=1S/C21H34N4O2S/c1-2-3-4-5-6-7-8-9-10-11-12-16-19-28(26,27)21-22-23-24-25(21)20-17-14-13-15-18-20/h13-15,17-18H,2-12,16,19H2,1H3. The second-order valence-corrected chi connectivity index (χ2v) is 9.42. The number of nitrogens with zero attached hydrogens (tertiary/aromatic N) is 4. The van der Waals surface area contributed by atoms with Gasteiger partial charge in [0.25, 0.3) is 5.16 Å². The largest absolute Gasteiger partial charge is 0.272 e. The molecule has 0 fully saturated rings. The molecular weight excluding hydrogens is 372 g/mol. The molecule has 2 rings (SSSR count). The third-order valence-electron chi connectivity index (χ3n) is 4.99. The van der Waals surface area contributed by atoms with Crippen molar-refractivity contribution < 1.29 is 8.42 Å². The van der Waals surface area contributed by atoms with Crippen molar-refractivity contribution in [2.45, 2.75) is 89.1 Å². The minimum absolute atomic E-state index is 0.0678. The van der Waals surface area contributed by atoms with Gasteiger partial charge in [-0.05, 0) is 29.0 Å². The van der Waals surface area contributed by atoms with Crippen molar-refractivity contribution in [3.8, 4) is 5.69 Å². The van der Waals surface area contributed by atoms with Gasteiger partial charge in [-0.1, -0.05) is 101 Å². The van der Waals surface area contributed by atoms with E-state index in [0.29, 0.717) is 12.1 Å². The molecule has 0 saturated heterocycles. The first kappa shape index (κ1) is 22.5. The predicted octanol–water partition coefficient (Wildman–Crippen LogP) is 5.14. The molecule has 0 aliphatic rings. The SMILES string of the molecule is CCCCCCCCCCCCCCS(=O)(=O)c1nnnn1-c1ccccc1. The average Bonchev–Trinajstić information content (AvgIpc) is 3.20. The molecule has 0 bridgehead atoms. The molecule has 7 heteroatoms. The Balaban J connectivity index is 1.63. The molecule has 0 atom stereocenters. The Morgan fingerprint density at radius 2 is 1.32 bits per heavy atom. The molecule has 156 valence electrons. The Labute approximate surface area is 169 Å². The summed E-state index contributed by atoms with van der Waals surface area (Å²) in [7, 11) is -3.48. The van der Waals surface area contributed by atoms with E-state index in [0.717, 1.165) is 12.8 Å². The van der Waals surface area contributed by atoms with Crippen LogP contribution in [0.15, 0.2) is 35.5 Å². The lowest BCUT2D eigenvalue weighted by Gasteiger charge is -2.06. The highest BCUT2D eigenvalue weighted by Gasteiger charge is 2.23. The molecule has 0 amide bonds. The third-order valence-corrected chi connectivity index (χ3v) is 6.62. The van der Waals surface area contributed by atoms with Gasteiger partial charge in [0.15, 0.2) is 0 Å². The molecule has 6 nitrogen and oxygen atoms in total. The van der Waals surface area contributed by atoms with Crippen LogP contribution >= 0.6 is 0 Å². The summed E-state index contributed by atoms with van der Waals surface area (Å²) in [5, 5.41) is 11.1. The van der Waals surface area contributed by atoms with Crippen molar-refractivity contribution in [3.05, 3.63) is 30.3 Å². The van der Waals surface area contributed by atoms with Gasteiger partial charge in [-0.25, -0.2) is 8.42 Å². The minimum atomic E-state index is -3.48. The highest BCUT2D eigenvalue weighted by atomic mass is 32.2. The number of tetrazole rings is 1. The third kappa shape index (κ3) is 7.70. The van der Waals surface area contributed by atoms with Crippen LogP contribution in [0.4, 0.5) is 0 Å². The first-order valence-electron chi connectivity index (χ1n) is 10.7. The summed E-state index contributed by atoms with van der Waals surface area (Å²) in [6, 6.07) is 9.12. The Morgan fingerprint density at radius 3 is 1.89 bits per heavy atom. The van der Waals surface area contributed by atoms with Gasteiger partial charge < -0.3 is 0 Å². The molecular formula is C21H34N4O2S. The Morgan fingerprint density at radius 1 is 0.786 bits per heavy atom. The zero-order valence-electron chi connectivity index (χ0n) is 17.1. The first-order valence-corrected chi connectivity index (χ1v) is 12.4. The molecule has 0 unspecified atom stereocenters. The first-order chi connectivity index (χ1) is 13.6. The fourth-order valence-corrected chi connectivity index (χ4v) is 4.66. The van der Waals surface area contributed by atoms with E-state index in [1.807, 2.05) is 18.2 Å². The topological polar surface area (TPSA) is 77.7 Å². The van der Waals surface area contributed by atoms with E-state index in [1.165, 1.54) is 62.5 Å². The van der Waals surface area contributed by atoms with Crippen molar-refractivity contribution in [1.82, 2.24) is 20.2 Å². The smallest absolute Gasteiger partial charge is 0.220 e. The maximum Gasteiger partial charge on any atom is 0.272 e. The molecule has 1 aromatic heterocycles. The number of sulfone groups is 1. The summed E-state index contributed by atoms with van der Waals surface area (Å²) in [5.74, 6) is 0.0949. The monoisotopic (exact) mass is 406 g/mol.